The molecule has 0 aliphatic carbocycles. The van der Waals surface area contributed by atoms with E-state index in [1.54, 1.807) is 12.1 Å². The number of nitrogens with zero attached hydrogens (tertiary/aromatic N) is 3. The molecule has 2 N–H and O–H groups in total. The van der Waals surface area contributed by atoms with Crippen LogP contribution >= 0.6 is 0 Å². The molecule has 0 radical (unpaired) electrons. The third kappa shape index (κ3) is 3.66. The van der Waals surface area contributed by atoms with Gasteiger partial charge in [-0.2, -0.15) is 0 Å². The topological polar surface area (TPSA) is 85.3 Å². The molecule has 6 nitrogen and oxygen atoms in total. The van der Waals surface area contributed by atoms with E-state index < -0.39 is 4.92 Å². The summed E-state index contributed by atoms with van der Waals surface area (Å²) >= 11 is 0. The molecule has 0 aliphatic rings. The molecule has 0 aliphatic heterocycles. The Bertz CT molecular complexity index is 409. The Balaban J connectivity index is 2.72. The zero-order valence-electron chi connectivity index (χ0n) is 11.0. The minimum atomic E-state index is -0.464. The van der Waals surface area contributed by atoms with Crippen molar-refractivity contribution in [2.24, 2.45) is 11.7 Å². The summed E-state index contributed by atoms with van der Waals surface area (Å²) in [5.74, 6) is 0.292. The maximum absolute atomic E-state index is 10.9. The molecule has 1 aromatic heterocycles. The predicted molar refractivity (Wildman–Crippen MR) is 71.6 cm³/mol. The fourth-order valence-corrected chi connectivity index (χ4v) is 1.62. The van der Waals surface area contributed by atoms with E-state index in [1.807, 2.05) is 11.9 Å². The third-order valence-electron chi connectivity index (χ3n) is 3.00. The van der Waals surface area contributed by atoms with Crippen LogP contribution < -0.4 is 10.6 Å². The van der Waals surface area contributed by atoms with Gasteiger partial charge in [-0.1, -0.05) is 13.8 Å². The van der Waals surface area contributed by atoms with Crippen molar-refractivity contribution in [2.45, 2.75) is 26.3 Å². The van der Waals surface area contributed by atoms with Crippen LogP contribution in [0.3, 0.4) is 0 Å². The van der Waals surface area contributed by atoms with Crippen LogP contribution in [0.1, 0.15) is 20.3 Å². The zero-order chi connectivity index (χ0) is 13.7. The lowest BCUT2D eigenvalue weighted by molar-refractivity contribution is -0.388. The van der Waals surface area contributed by atoms with E-state index in [2.05, 4.69) is 18.8 Å². The average molecular weight is 252 g/mol. The van der Waals surface area contributed by atoms with Crippen molar-refractivity contribution >= 4 is 11.5 Å². The highest BCUT2D eigenvalue weighted by molar-refractivity contribution is 5.58. The lowest BCUT2D eigenvalue weighted by Crippen LogP contribution is -2.32. The van der Waals surface area contributed by atoms with Gasteiger partial charge >= 0.3 is 5.82 Å². The first-order chi connectivity index (χ1) is 8.43. The summed E-state index contributed by atoms with van der Waals surface area (Å²) in [6.45, 7) is 4.81. The number of pyridine rings is 1. The molecule has 0 fully saturated rings. The van der Waals surface area contributed by atoms with Crippen molar-refractivity contribution in [3.63, 3.8) is 0 Å². The molecule has 1 rings (SSSR count). The molecule has 0 spiro atoms. The molecule has 0 saturated heterocycles. The Morgan fingerprint density at radius 1 is 1.56 bits per heavy atom. The predicted octanol–water partition coefficient (Wildman–Crippen LogP) is 1.80. The maximum atomic E-state index is 10.9. The summed E-state index contributed by atoms with van der Waals surface area (Å²) in [4.78, 5) is 16.0. The van der Waals surface area contributed by atoms with Crippen molar-refractivity contribution in [3.05, 3.63) is 28.4 Å². The maximum Gasteiger partial charge on any atom is 0.387 e. The zero-order valence-corrected chi connectivity index (χ0v) is 11.0. The first kappa shape index (κ1) is 14.4. The Kier molecular flexibility index (Phi) is 5.03. The SMILES string of the molecule is CC(C)C(N)CCN(C)c1cccnc1[N+](=O)[O-]. The van der Waals surface area contributed by atoms with Gasteiger partial charge in [0.1, 0.15) is 11.9 Å². The van der Waals surface area contributed by atoms with Crippen LogP contribution in [0.4, 0.5) is 11.5 Å². The molecule has 100 valence electrons. The number of anilines is 1. The lowest BCUT2D eigenvalue weighted by atomic mass is 10.0. The first-order valence-corrected chi connectivity index (χ1v) is 5.99. The Hall–Kier alpha value is -1.69. The van der Waals surface area contributed by atoms with Crippen LogP contribution in [-0.2, 0) is 0 Å². The van der Waals surface area contributed by atoms with Gasteiger partial charge in [0.15, 0.2) is 0 Å². The van der Waals surface area contributed by atoms with Crippen LogP contribution in [0.15, 0.2) is 18.3 Å². The molecule has 1 heterocycles. The molecule has 0 amide bonds. The van der Waals surface area contributed by atoms with Crippen molar-refractivity contribution in [1.29, 1.82) is 0 Å². The largest absolute Gasteiger partial charge is 0.387 e. The molecule has 0 bridgehead atoms. The van der Waals surface area contributed by atoms with Gasteiger partial charge in [-0.25, -0.2) is 0 Å². The highest BCUT2D eigenvalue weighted by atomic mass is 16.6. The Labute approximate surface area is 107 Å². The quantitative estimate of drug-likeness (QED) is 0.616. The molecule has 0 saturated carbocycles. The minimum Gasteiger partial charge on any atom is -0.368 e. The van der Waals surface area contributed by atoms with E-state index in [9.17, 15) is 10.1 Å². The van der Waals surface area contributed by atoms with Gasteiger partial charge < -0.3 is 20.7 Å². The molecule has 1 aromatic rings. The summed E-state index contributed by atoms with van der Waals surface area (Å²) in [6.07, 6.45) is 2.22. The average Bonchev–Trinajstić information content (AvgIpc) is 2.35. The number of hydrogen-bond donors (Lipinski definition) is 1. The van der Waals surface area contributed by atoms with Gasteiger partial charge in [0.25, 0.3) is 0 Å². The summed E-state index contributed by atoms with van der Waals surface area (Å²) < 4.78 is 0. The van der Waals surface area contributed by atoms with E-state index in [-0.39, 0.29) is 11.9 Å². The first-order valence-electron chi connectivity index (χ1n) is 5.99. The standard InChI is InChI=1S/C12H20N4O2/c1-9(2)10(13)6-8-15(3)11-5-4-7-14-12(11)16(17)18/h4-5,7,9-10H,6,8,13H2,1-3H3. The Morgan fingerprint density at radius 2 is 2.22 bits per heavy atom. The van der Waals surface area contributed by atoms with Crippen LogP contribution in [-0.4, -0.2) is 29.5 Å². The van der Waals surface area contributed by atoms with Gasteiger partial charge in [-0.3, -0.25) is 0 Å². The summed E-state index contributed by atoms with van der Waals surface area (Å²) in [7, 11) is 1.82. The summed E-state index contributed by atoms with van der Waals surface area (Å²) in [5.41, 5.74) is 6.49. The van der Waals surface area contributed by atoms with Crippen molar-refractivity contribution < 1.29 is 4.92 Å². The lowest BCUT2D eigenvalue weighted by Gasteiger charge is -2.22. The van der Waals surface area contributed by atoms with Crippen LogP contribution in [0.2, 0.25) is 0 Å². The van der Waals surface area contributed by atoms with Gasteiger partial charge in [0.2, 0.25) is 0 Å². The Morgan fingerprint density at radius 3 is 2.78 bits per heavy atom. The van der Waals surface area contributed by atoms with E-state index in [0.717, 1.165) is 6.42 Å². The molecular weight excluding hydrogens is 232 g/mol. The molecule has 0 aromatic carbocycles. The number of hydrogen-bond acceptors (Lipinski definition) is 5. The van der Waals surface area contributed by atoms with E-state index >= 15 is 0 Å². The second-order valence-corrected chi connectivity index (χ2v) is 4.72. The van der Waals surface area contributed by atoms with E-state index in [4.69, 9.17) is 5.73 Å². The van der Waals surface area contributed by atoms with Crippen LogP contribution in [0, 0.1) is 16.0 Å². The molecule has 1 atom stereocenters. The fourth-order valence-electron chi connectivity index (χ4n) is 1.62. The number of nitrogens with two attached hydrogens (primary N) is 1. The van der Waals surface area contributed by atoms with E-state index in [1.165, 1.54) is 6.20 Å². The normalized spacial score (nSPS) is 12.5. The molecule has 1 unspecified atom stereocenters. The smallest absolute Gasteiger partial charge is 0.368 e. The van der Waals surface area contributed by atoms with Gasteiger partial charge in [0, 0.05) is 19.6 Å². The van der Waals surface area contributed by atoms with Crippen molar-refractivity contribution in [1.82, 2.24) is 4.98 Å². The van der Waals surface area contributed by atoms with Gasteiger partial charge in [0.05, 0.1) is 0 Å². The molecule has 6 heteroatoms. The number of aromatic nitrogens is 1. The fraction of sp³-hybridized carbons (Fsp3) is 0.583. The van der Waals surface area contributed by atoms with Crippen molar-refractivity contribution in [2.75, 3.05) is 18.5 Å². The van der Waals surface area contributed by atoms with Crippen LogP contribution in [0.5, 0.6) is 0 Å². The second-order valence-electron chi connectivity index (χ2n) is 4.72. The third-order valence-corrected chi connectivity index (χ3v) is 3.00. The second kappa shape index (κ2) is 6.30. The molecule has 18 heavy (non-hydrogen) atoms. The summed E-state index contributed by atoms with van der Waals surface area (Å²) in [6, 6.07) is 3.50. The minimum absolute atomic E-state index is 0.100. The van der Waals surface area contributed by atoms with Crippen molar-refractivity contribution in [3.8, 4) is 0 Å². The van der Waals surface area contributed by atoms with Gasteiger partial charge in [-0.15, -0.1) is 0 Å². The number of rotatable bonds is 6. The highest BCUT2D eigenvalue weighted by Gasteiger charge is 2.18. The van der Waals surface area contributed by atoms with Gasteiger partial charge in [-0.05, 0) is 34.4 Å². The molecular formula is C12H20N4O2. The highest BCUT2D eigenvalue weighted by Crippen LogP contribution is 2.24. The van der Waals surface area contributed by atoms with Crippen LogP contribution in [0.25, 0.3) is 0 Å². The summed E-state index contributed by atoms with van der Waals surface area (Å²) in [5, 5.41) is 10.9. The van der Waals surface area contributed by atoms with E-state index in [0.29, 0.717) is 18.2 Å². The number of nitro groups is 1. The monoisotopic (exact) mass is 252 g/mol.